The maximum absolute atomic E-state index is 12.7. The van der Waals surface area contributed by atoms with Gasteiger partial charge in [-0.15, -0.1) is 0 Å². The molecule has 0 aromatic carbocycles. The molecule has 1 fully saturated rings. The van der Waals surface area contributed by atoms with Crippen molar-refractivity contribution in [2.75, 3.05) is 20.2 Å². The van der Waals surface area contributed by atoms with Crippen LogP contribution in [0.5, 0.6) is 0 Å². The summed E-state index contributed by atoms with van der Waals surface area (Å²) in [6.45, 7) is 4.59. The number of furan rings is 1. The van der Waals surface area contributed by atoms with E-state index < -0.39 is 10.0 Å². The molecule has 1 aromatic rings. The molecule has 1 aliphatic rings. The van der Waals surface area contributed by atoms with Gasteiger partial charge in [0.1, 0.15) is 16.4 Å². The summed E-state index contributed by atoms with van der Waals surface area (Å²) in [6.07, 6.45) is 1.85. The summed E-state index contributed by atoms with van der Waals surface area (Å²) >= 11 is 0. The van der Waals surface area contributed by atoms with Gasteiger partial charge in [-0.25, -0.2) is 8.42 Å². The van der Waals surface area contributed by atoms with Gasteiger partial charge in [0.25, 0.3) is 0 Å². The number of aryl methyl sites for hydroxylation is 2. The first kappa shape index (κ1) is 15.5. The number of rotatable bonds is 5. The van der Waals surface area contributed by atoms with Gasteiger partial charge >= 0.3 is 0 Å². The molecule has 2 N–H and O–H groups in total. The van der Waals surface area contributed by atoms with Crippen LogP contribution in [0.3, 0.4) is 0 Å². The molecule has 1 saturated heterocycles. The smallest absolute Gasteiger partial charge is 0.246 e. The summed E-state index contributed by atoms with van der Waals surface area (Å²) in [5.74, 6) is 0.955. The zero-order valence-corrected chi connectivity index (χ0v) is 13.0. The van der Waals surface area contributed by atoms with Crippen LogP contribution in [-0.4, -0.2) is 39.0 Å². The van der Waals surface area contributed by atoms with E-state index in [4.69, 9.17) is 14.9 Å². The summed E-state index contributed by atoms with van der Waals surface area (Å²) in [7, 11) is -2.03. The van der Waals surface area contributed by atoms with Crippen LogP contribution in [-0.2, 0) is 21.3 Å². The third kappa shape index (κ3) is 2.76. The Morgan fingerprint density at radius 2 is 2.05 bits per heavy atom. The van der Waals surface area contributed by atoms with E-state index in [2.05, 4.69) is 0 Å². The van der Waals surface area contributed by atoms with Gasteiger partial charge in [0, 0.05) is 32.3 Å². The standard InChI is InChI=1S/C13H22N2O4S/c1-9-12(7-14)13(10(2)19-9)20(16,17)15(3)8-11-5-4-6-18-11/h11H,4-8,14H2,1-3H3. The molecule has 0 amide bonds. The molecule has 20 heavy (non-hydrogen) atoms. The van der Waals surface area contributed by atoms with Crippen molar-refractivity contribution < 1.29 is 17.6 Å². The molecular weight excluding hydrogens is 280 g/mol. The van der Waals surface area contributed by atoms with Crippen molar-refractivity contribution in [1.82, 2.24) is 4.31 Å². The van der Waals surface area contributed by atoms with E-state index in [1.165, 1.54) is 4.31 Å². The molecule has 6 nitrogen and oxygen atoms in total. The molecule has 2 rings (SSSR count). The molecule has 0 saturated carbocycles. The molecule has 2 heterocycles. The molecule has 114 valence electrons. The topological polar surface area (TPSA) is 85.8 Å². The quantitative estimate of drug-likeness (QED) is 0.882. The first-order chi connectivity index (χ1) is 9.37. The summed E-state index contributed by atoms with van der Waals surface area (Å²) in [5.41, 5.74) is 6.21. The normalized spacial score (nSPS) is 19.9. The zero-order valence-electron chi connectivity index (χ0n) is 12.2. The highest BCUT2D eigenvalue weighted by atomic mass is 32.2. The number of ether oxygens (including phenoxy) is 1. The fraction of sp³-hybridized carbons (Fsp3) is 0.692. The number of hydrogen-bond acceptors (Lipinski definition) is 5. The number of likely N-dealkylation sites (N-methyl/N-ethyl adjacent to an activating group) is 1. The van der Waals surface area contributed by atoms with Crippen molar-refractivity contribution >= 4 is 10.0 Å². The van der Waals surface area contributed by atoms with Crippen molar-refractivity contribution in [2.24, 2.45) is 5.73 Å². The SMILES string of the molecule is Cc1oc(C)c(S(=O)(=O)N(C)CC2CCCO2)c1CN. The van der Waals surface area contributed by atoms with E-state index in [1.54, 1.807) is 20.9 Å². The fourth-order valence-electron chi connectivity index (χ4n) is 2.61. The van der Waals surface area contributed by atoms with E-state index in [0.717, 1.165) is 12.8 Å². The van der Waals surface area contributed by atoms with Crippen LogP contribution in [0.1, 0.15) is 29.9 Å². The van der Waals surface area contributed by atoms with Gasteiger partial charge in [-0.3, -0.25) is 0 Å². The summed E-state index contributed by atoms with van der Waals surface area (Å²) in [4.78, 5) is 0.206. The Morgan fingerprint density at radius 1 is 1.35 bits per heavy atom. The lowest BCUT2D eigenvalue weighted by molar-refractivity contribution is 0.0978. The van der Waals surface area contributed by atoms with Crippen LogP contribution < -0.4 is 5.73 Å². The van der Waals surface area contributed by atoms with Gasteiger partial charge in [-0.2, -0.15) is 4.31 Å². The predicted molar refractivity (Wildman–Crippen MR) is 74.9 cm³/mol. The number of nitrogens with zero attached hydrogens (tertiary/aromatic N) is 1. The van der Waals surface area contributed by atoms with Gasteiger partial charge in [-0.1, -0.05) is 0 Å². The largest absolute Gasteiger partial charge is 0.465 e. The number of sulfonamides is 1. The Hall–Kier alpha value is -0.890. The monoisotopic (exact) mass is 302 g/mol. The van der Waals surface area contributed by atoms with Crippen molar-refractivity contribution in [3.05, 3.63) is 17.1 Å². The Labute approximate surface area is 119 Å². The second-order valence-electron chi connectivity index (χ2n) is 5.15. The van der Waals surface area contributed by atoms with Crippen molar-refractivity contribution in [3.63, 3.8) is 0 Å². The van der Waals surface area contributed by atoms with Gasteiger partial charge in [0.2, 0.25) is 10.0 Å². The van der Waals surface area contributed by atoms with Gasteiger partial charge in [0.05, 0.1) is 6.10 Å². The number of nitrogens with two attached hydrogens (primary N) is 1. The molecule has 1 unspecified atom stereocenters. The average molecular weight is 302 g/mol. The Balaban J connectivity index is 2.29. The highest BCUT2D eigenvalue weighted by Crippen LogP contribution is 2.29. The molecular formula is C13H22N2O4S. The predicted octanol–water partition coefficient (Wildman–Crippen LogP) is 1.15. The van der Waals surface area contributed by atoms with Crippen LogP contribution in [0.2, 0.25) is 0 Å². The van der Waals surface area contributed by atoms with Crippen LogP contribution >= 0.6 is 0 Å². The lowest BCUT2D eigenvalue weighted by Gasteiger charge is -2.20. The summed E-state index contributed by atoms with van der Waals surface area (Å²) in [5, 5.41) is 0. The summed E-state index contributed by atoms with van der Waals surface area (Å²) in [6, 6.07) is 0. The molecule has 1 atom stereocenters. The Bertz CT molecular complexity index is 573. The minimum Gasteiger partial charge on any atom is -0.465 e. The molecule has 0 aliphatic carbocycles. The van der Waals surface area contributed by atoms with E-state index in [1.807, 2.05) is 0 Å². The maximum Gasteiger partial charge on any atom is 0.246 e. The highest BCUT2D eigenvalue weighted by Gasteiger charge is 2.32. The molecule has 0 spiro atoms. The van der Waals surface area contributed by atoms with E-state index in [0.29, 0.717) is 30.2 Å². The van der Waals surface area contributed by atoms with Gasteiger partial charge in [0.15, 0.2) is 0 Å². The van der Waals surface area contributed by atoms with Crippen molar-refractivity contribution in [1.29, 1.82) is 0 Å². The lowest BCUT2D eigenvalue weighted by Crippen LogP contribution is -2.34. The highest BCUT2D eigenvalue weighted by molar-refractivity contribution is 7.89. The second-order valence-corrected chi connectivity index (χ2v) is 7.13. The third-order valence-electron chi connectivity index (χ3n) is 3.68. The van der Waals surface area contributed by atoms with Crippen LogP contribution in [0.15, 0.2) is 9.31 Å². The minimum absolute atomic E-state index is 0.0237. The van der Waals surface area contributed by atoms with Crippen molar-refractivity contribution in [2.45, 2.75) is 44.2 Å². The van der Waals surface area contributed by atoms with Crippen LogP contribution in [0.25, 0.3) is 0 Å². The molecule has 7 heteroatoms. The minimum atomic E-state index is -3.60. The van der Waals surface area contributed by atoms with E-state index in [9.17, 15) is 8.42 Å². The first-order valence-corrected chi connectivity index (χ1v) is 8.18. The zero-order chi connectivity index (χ0) is 14.9. The second kappa shape index (κ2) is 5.85. The van der Waals surface area contributed by atoms with Gasteiger partial charge in [-0.05, 0) is 26.7 Å². The number of hydrogen-bond donors (Lipinski definition) is 1. The van der Waals surface area contributed by atoms with Crippen LogP contribution in [0.4, 0.5) is 0 Å². The van der Waals surface area contributed by atoms with E-state index in [-0.39, 0.29) is 17.5 Å². The lowest BCUT2D eigenvalue weighted by atomic mass is 10.2. The third-order valence-corrected chi connectivity index (χ3v) is 5.70. The molecule has 1 aliphatic heterocycles. The average Bonchev–Trinajstić information content (AvgIpc) is 2.96. The fourth-order valence-corrected chi connectivity index (χ4v) is 4.23. The Morgan fingerprint density at radius 3 is 2.60 bits per heavy atom. The maximum atomic E-state index is 12.7. The van der Waals surface area contributed by atoms with Crippen molar-refractivity contribution in [3.8, 4) is 0 Å². The Kier molecular flexibility index (Phi) is 4.53. The molecule has 0 radical (unpaired) electrons. The van der Waals surface area contributed by atoms with Gasteiger partial charge < -0.3 is 14.9 Å². The summed E-state index contributed by atoms with van der Waals surface area (Å²) < 4.78 is 37.6. The first-order valence-electron chi connectivity index (χ1n) is 6.74. The van der Waals surface area contributed by atoms with E-state index >= 15 is 0 Å². The molecule has 1 aromatic heterocycles. The van der Waals surface area contributed by atoms with Crippen LogP contribution in [0, 0.1) is 13.8 Å². The molecule has 0 bridgehead atoms.